The smallest absolute Gasteiger partial charge is 0.273 e. The fourth-order valence-corrected chi connectivity index (χ4v) is 6.58. The Labute approximate surface area is 204 Å². The van der Waals surface area contributed by atoms with Gasteiger partial charge in [-0.15, -0.1) is 11.3 Å². The second-order valence-electron chi connectivity index (χ2n) is 9.37. The normalized spacial score (nSPS) is 22.4. The van der Waals surface area contributed by atoms with E-state index in [1.54, 1.807) is 29.6 Å². The quantitative estimate of drug-likeness (QED) is 0.561. The Morgan fingerprint density at radius 1 is 1.27 bits per heavy atom. The van der Waals surface area contributed by atoms with Crippen molar-refractivity contribution in [2.24, 2.45) is 5.92 Å². The lowest BCUT2D eigenvalue weighted by atomic mass is 9.84. The van der Waals surface area contributed by atoms with Crippen LogP contribution in [0, 0.1) is 12.8 Å². The number of hydrogen-bond acceptors (Lipinski definition) is 7. The van der Waals surface area contributed by atoms with E-state index in [1.807, 2.05) is 13.1 Å². The van der Waals surface area contributed by atoms with Crippen molar-refractivity contribution in [3.63, 3.8) is 0 Å². The zero-order valence-corrected chi connectivity index (χ0v) is 21.3. The molecule has 6 nitrogen and oxygen atoms in total. The number of thiazole rings is 2. The van der Waals surface area contributed by atoms with Gasteiger partial charge < -0.3 is 15.0 Å². The second kappa shape index (κ2) is 11.7. The van der Waals surface area contributed by atoms with Gasteiger partial charge in [0.05, 0.1) is 17.1 Å². The van der Waals surface area contributed by atoms with Crippen LogP contribution in [-0.2, 0) is 24.1 Å². The van der Waals surface area contributed by atoms with Gasteiger partial charge in [-0.2, -0.15) is 0 Å². The summed E-state index contributed by atoms with van der Waals surface area (Å²) in [6, 6.07) is 0.319. The maximum Gasteiger partial charge on any atom is 0.273 e. The maximum atomic E-state index is 12.7. The lowest BCUT2D eigenvalue weighted by Crippen LogP contribution is -2.38. The Morgan fingerprint density at radius 2 is 2.06 bits per heavy atom. The summed E-state index contributed by atoms with van der Waals surface area (Å²) in [5, 5.41) is 4.86. The Kier molecular flexibility index (Phi) is 8.71. The minimum absolute atomic E-state index is 0.125. The number of ether oxygens (including phenoxy) is 1. The standard InChI is InChI=1S/C24H35FN4O2S2/c1-16(14-25)31-24-28-21-8-11-29(12-9-22(21)33-24)10-7-18-3-5-19(6-4-18)27-23(30)13-20-15-26-17(2)32-20/h15-16,18-19H,3-14H2,1-2H3,(H,27,30)/t16?,18-,19-. The van der Waals surface area contributed by atoms with Crippen LogP contribution in [0.25, 0.3) is 0 Å². The van der Waals surface area contributed by atoms with Crippen LogP contribution in [0.1, 0.15) is 59.5 Å². The molecule has 1 aliphatic carbocycles. The second-order valence-corrected chi connectivity index (χ2v) is 11.7. The van der Waals surface area contributed by atoms with Gasteiger partial charge in [-0.05, 0) is 64.8 Å². The molecule has 1 fully saturated rings. The molecule has 182 valence electrons. The van der Waals surface area contributed by atoms with Crippen molar-refractivity contribution in [2.45, 2.75) is 77.4 Å². The van der Waals surface area contributed by atoms with Crippen LogP contribution in [0.2, 0.25) is 0 Å². The highest BCUT2D eigenvalue weighted by molar-refractivity contribution is 7.13. The third-order valence-electron chi connectivity index (χ3n) is 6.67. The van der Waals surface area contributed by atoms with Crippen LogP contribution >= 0.6 is 22.7 Å². The number of carbonyl (C=O) groups is 1. The molecular formula is C24H35FN4O2S2. The first-order valence-corrected chi connectivity index (χ1v) is 13.8. The van der Waals surface area contributed by atoms with Crippen molar-refractivity contribution in [1.82, 2.24) is 20.2 Å². The topological polar surface area (TPSA) is 67.4 Å². The molecule has 1 N–H and O–H groups in total. The van der Waals surface area contributed by atoms with Crippen molar-refractivity contribution in [3.8, 4) is 5.19 Å². The molecule has 0 aromatic carbocycles. The Balaban J connectivity index is 1.13. The van der Waals surface area contributed by atoms with E-state index >= 15 is 0 Å². The molecular weight excluding hydrogens is 459 g/mol. The van der Waals surface area contributed by atoms with Crippen LogP contribution in [-0.4, -0.2) is 59.2 Å². The molecule has 1 amide bonds. The zero-order valence-electron chi connectivity index (χ0n) is 19.6. The molecule has 1 saturated carbocycles. The fourth-order valence-electron chi connectivity index (χ4n) is 4.75. The summed E-state index contributed by atoms with van der Waals surface area (Å²) in [7, 11) is 0. The van der Waals surface area contributed by atoms with Gasteiger partial charge in [-0.3, -0.25) is 4.79 Å². The van der Waals surface area contributed by atoms with E-state index in [4.69, 9.17) is 4.74 Å². The number of amides is 1. The SMILES string of the molecule is Cc1ncc(CC(=O)N[C@H]2CC[C@H](CCN3CCc4nc(OC(C)CF)sc4CC3)CC2)s1. The minimum Gasteiger partial charge on any atom is -0.464 e. The summed E-state index contributed by atoms with van der Waals surface area (Å²) in [6.45, 7) is 6.42. The van der Waals surface area contributed by atoms with E-state index in [-0.39, 0.29) is 5.91 Å². The summed E-state index contributed by atoms with van der Waals surface area (Å²) < 4.78 is 18.3. The molecule has 4 rings (SSSR count). The third-order valence-corrected chi connectivity index (χ3v) is 8.63. The van der Waals surface area contributed by atoms with Crippen LogP contribution in [0.5, 0.6) is 5.19 Å². The summed E-state index contributed by atoms with van der Waals surface area (Å²) in [6.07, 6.45) is 9.56. The maximum absolute atomic E-state index is 12.7. The molecule has 3 heterocycles. The highest BCUT2D eigenvalue weighted by atomic mass is 32.1. The van der Waals surface area contributed by atoms with Gasteiger partial charge in [-0.25, -0.2) is 14.4 Å². The highest BCUT2D eigenvalue weighted by Gasteiger charge is 2.24. The zero-order chi connectivity index (χ0) is 23.2. The molecule has 2 aromatic rings. The van der Waals surface area contributed by atoms with Gasteiger partial charge in [0.2, 0.25) is 5.91 Å². The predicted octanol–water partition coefficient (Wildman–Crippen LogP) is 4.35. The van der Waals surface area contributed by atoms with Gasteiger partial charge in [-0.1, -0.05) is 11.3 Å². The summed E-state index contributed by atoms with van der Waals surface area (Å²) in [4.78, 5) is 26.1. The van der Waals surface area contributed by atoms with Gasteiger partial charge in [0.25, 0.3) is 5.19 Å². The van der Waals surface area contributed by atoms with Crippen molar-refractivity contribution in [3.05, 3.63) is 26.7 Å². The van der Waals surface area contributed by atoms with Crippen molar-refractivity contribution in [2.75, 3.05) is 26.3 Å². The van der Waals surface area contributed by atoms with E-state index in [9.17, 15) is 9.18 Å². The summed E-state index contributed by atoms with van der Waals surface area (Å²) in [5.41, 5.74) is 1.13. The highest BCUT2D eigenvalue weighted by Crippen LogP contribution is 2.30. The Hall–Kier alpha value is -1.58. The van der Waals surface area contributed by atoms with Gasteiger partial charge in [0.1, 0.15) is 12.8 Å². The first kappa shape index (κ1) is 24.5. The molecule has 2 aromatic heterocycles. The van der Waals surface area contributed by atoms with E-state index in [1.165, 1.54) is 24.1 Å². The fraction of sp³-hybridized carbons (Fsp3) is 0.708. The number of alkyl halides is 1. The minimum atomic E-state index is -0.487. The van der Waals surface area contributed by atoms with Gasteiger partial charge in [0.15, 0.2) is 0 Å². The number of hydrogen-bond donors (Lipinski definition) is 1. The lowest BCUT2D eigenvalue weighted by molar-refractivity contribution is -0.121. The van der Waals surface area contributed by atoms with Crippen molar-refractivity contribution < 1.29 is 13.9 Å². The Bertz CT molecular complexity index is 885. The molecule has 0 radical (unpaired) electrons. The van der Waals surface area contributed by atoms with Gasteiger partial charge >= 0.3 is 0 Å². The first-order chi connectivity index (χ1) is 16.0. The van der Waals surface area contributed by atoms with E-state index < -0.39 is 12.8 Å². The molecule has 0 saturated heterocycles. The first-order valence-electron chi connectivity index (χ1n) is 12.1. The van der Waals surface area contributed by atoms with E-state index in [2.05, 4.69) is 20.2 Å². The molecule has 2 aliphatic rings. The van der Waals surface area contributed by atoms with E-state index in [0.29, 0.717) is 17.7 Å². The number of fused-ring (bicyclic) bond motifs is 1. The molecule has 33 heavy (non-hydrogen) atoms. The molecule has 1 atom stereocenters. The number of nitrogens with zero attached hydrogens (tertiary/aromatic N) is 3. The molecule has 9 heteroatoms. The third kappa shape index (κ3) is 7.20. The average molecular weight is 495 g/mol. The summed E-state index contributed by atoms with van der Waals surface area (Å²) >= 11 is 3.18. The predicted molar refractivity (Wildman–Crippen MR) is 131 cm³/mol. The Morgan fingerprint density at radius 3 is 2.79 bits per heavy atom. The number of aromatic nitrogens is 2. The lowest BCUT2D eigenvalue weighted by Gasteiger charge is -2.30. The number of nitrogens with one attached hydrogen (secondary N) is 1. The number of rotatable bonds is 9. The molecule has 1 unspecified atom stereocenters. The average Bonchev–Trinajstić information content (AvgIpc) is 3.33. The monoisotopic (exact) mass is 494 g/mol. The van der Waals surface area contributed by atoms with Crippen LogP contribution < -0.4 is 10.1 Å². The van der Waals surface area contributed by atoms with E-state index in [0.717, 1.165) is 66.8 Å². The number of halogens is 1. The molecule has 0 spiro atoms. The van der Waals surface area contributed by atoms with Crippen LogP contribution in [0.3, 0.4) is 0 Å². The summed E-state index contributed by atoms with van der Waals surface area (Å²) in [5.74, 6) is 0.875. The van der Waals surface area contributed by atoms with Crippen molar-refractivity contribution in [1.29, 1.82) is 0 Å². The van der Waals surface area contributed by atoms with Crippen LogP contribution in [0.4, 0.5) is 4.39 Å². The number of aryl methyl sites for hydroxylation is 1. The van der Waals surface area contributed by atoms with Gasteiger partial charge in [0, 0.05) is 41.5 Å². The largest absolute Gasteiger partial charge is 0.464 e. The number of carbonyl (C=O) groups excluding carboxylic acids is 1. The molecule has 0 bridgehead atoms. The molecule has 1 aliphatic heterocycles. The van der Waals surface area contributed by atoms with Crippen molar-refractivity contribution >= 4 is 28.6 Å². The van der Waals surface area contributed by atoms with Crippen LogP contribution in [0.15, 0.2) is 6.20 Å².